The third kappa shape index (κ3) is 2.52. The average Bonchev–Trinajstić information content (AvgIpc) is 2.38. The van der Waals surface area contributed by atoms with Crippen molar-refractivity contribution < 1.29 is 18.6 Å². The molecule has 0 heterocycles. The van der Waals surface area contributed by atoms with Crippen LogP contribution in [0, 0.1) is 0 Å². The monoisotopic (exact) mass is 263 g/mol. The topological polar surface area (TPSA) is 69.6 Å². The molecule has 1 atom stereocenters. The van der Waals surface area contributed by atoms with Crippen LogP contribution in [0.3, 0.4) is 0 Å². The first kappa shape index (κ1) is 12.6. The molecule has 2 aromatic rings. The molecule has 2 rings (SSSR count). The molecule has 0 saturated carbocycles. The van der Waals surface area contributed by atoms with Gasteiger partial charge in [-0.2, -0.15) is 0 Å². The minimum Gasteiger partial charge on any atom is -0.768 e. The van der Waals surface area contributed by atoms with Gasteiger partial charge in [0.15, 0.2) is 0 Å². The van der Waals surface area contributed by atoms with Crippen molar-refractivity contribution in [3.05, 3.63) is 42.5 Å². The van der Waals surface area contributed by atoms with E-state index in [4.69, 9.17) is 4.74 Å². The van der Waals surface area contributed by atoms with E-state index in [9.17, 15) is 13.9 Å². The third-order valence-corrected chi connectivity index (χ3v) is 3.18. The molecule has 2 aromatic carbocycles. The van der Waals surface area contributed by atoms with Gasteiger partial charge < -0.3 is 14.4 Å². The Hall–Kier alpha value is -1.85. The molecule has 0 saturated heterocycles. The van der Waals surface area contributed by atoms with Crippen LogP contribution in [0.5, 0.6) is 11.5 Å². The van der Waals surface area contributed by atoms with Crippen LogP contribution in [0.15, 0.2) is 47.4 Å². The minimum absolute atomic E-state index is 0.0446. The molecular weight excluding hydrogens is 252 g/mol. The van der Waals surface area contributed by atoms with Gasteiger partial charge in [-0.1, -0.05) is 12.1 Å². The van der Waals surface area contributed by atoms with E-state index in [0.717, 1.165) is 0 Å². The Labute approximate surface area is 107 Å². The zero-order valence-electron chi connectivity index (χ0n) is 9.62. The zero-order chi connectivity index (χ0) is 13.1. The standard InChI is InChI=1S/C13H12O4S/c1-17-10-5-6-12(13(14)8-10)9-3-2-4-11(7-9)18(15)16/h2-8,14H,1H3,(H,15,16)/p-1. The lowest BCUT2D eigenvalue weighted by Gasteiger charge is -2.10. The number of methoxy groups -OCH3 is 1. The first-order chi connectivity index (χ1) is 8.61. The Morgan fingerprint density at radius 1 is 1.22 bits per heavy atom. The number of aromatic hydroxyl groups is 1. The van der Waals surface area contributed by atoms with Gasteiger partial charge in [0, 0.05) is 16.5 Å². The Bertz CT molecular complexity index is 595. The molecule has 0 spiro atoms. The second-order valence-electron chi connectivity index (χ2n) is 3.65. The summed E-state index contributed by atoms with van der Waals surface area (Å²) in [5, 5.41) is 9.87. The number of ether oxygens (including phenoxy) is 1. The van der Waals surface area contributed by atoms with E-state index < -0.39 is 11.1 Å². The minimum atomic E-state index is -2.28. The third-order valence-electron chi connectivity index (χ3n) is 2.54. The quantitative estimate of drug-likeness (QED) is 0.863. The van der Waals surface area contributed by atoms with Gasteiger partial charge in [-0.15, -0.1) is 0 Å². The van der Waals surface area contributed by atoms with Gasteiger partial charge in [0.1, 0.15) is 11.5 Å². The highest BCUT2D eigenvalue weighted by Gasteiger charge is 2.06. The second kappa shape index (κ2) is 5.20. The van der Waals surface area contributed by atoms with Gasteiger partial charge in [-0.25, -0.2) is 0 Å². The lowest BCUT2D eigenvalue weighted by Crippen LogP contribution is -1.89. The van der Waals surface area contributed by atoms with Crippen molar-refractivity contribution in [2.75, 3.05) is 7.11 Å². The molecule has 5 heteroatoms. The number of phenols is 1. The van der Waals surface area contributed by atoms with Gasteiger partial charge in [-0.3, -0.25) is 4.21 Å². The van der Waals surface area contributed by atoms with Crippen molar-refractivity contribution in [2.24, 2.45) is 0 Å². The summed E-state index contributed by atoms with van der Waals surface area (Å²) in [7, 11) is 1.51. The number of hydrogen-bond donors (Lipinski definition) is 1. The van der Waals surface area contributed by atoms with Crippen molar-refractivity contribution in [2.45, 2.75) is 4.90 Å². The summed E-state index contributed by atoms with van der Waals surface area (Å²) in [6.45, 7) is 0. The predicted octanol–water partition coefficient (Wildman–Crippen LogP) is 2.31. The SMILES string of the molecule is COc1ccc(-c2cccc(S(=O)[O-])c2)c(O)c1. The van der Waals surface area contributed by atoms with Crippen LogP contribution >= 0.6 is 0 Å². The molecule has 0 radical (unpaired) electrons. The van der Waals surface area contributed by atoms with Crippen molar-refractivity contribution >= 4 is 11.1 Å². The van der Waals surface area contributed by atoms with Crippen LogP contribution in [-0.4, -0.2) is 21.0 Å². The fraction of sp³-hybridized carbons (Fsp3) is 0.0769. The maximum atomic E-state index is 10.9. The highest BCUT2D eigenvalue weighted by molar-refractivity contribution is 7.79. The summed E-state index contributed by atoms with van der Waals surface area (Å²) in [5.41, 5.74) is 1.19. The molecule has 18 heavy (non-hydrogen) atoms. The van der Waals surface area contributed by atoms with E-state index in [-0.39, 0.29) is 10.6 Å². The van der Waals surface area contributed by atoms with E-state index >= 15 is 0 Å². The maximum absolute atomic E-state index is 10.9. The molecular formula is C13H11O4S-. The van der Waals surface area contributed by atoms with Crippen LogP contribution in [0.1, 0.15) is 0 Å². The van der Waals surface area contributed by atoms with Gasteiger partial charge in [0.25, 0.3) is 0 Å². The molecule has 0 aliphatic rings. The smallest absolute Gasteiger partial charge is 0.127 e. The van der Waals surface area contributed by atoms with Crippen LogP contribution in [0.25, 0.3) is 11.1 Å². The van der Waals surface area contributed by atoms with Gasteiger partial charge in [-0.05, 0) is 40.9 Å². The first-order valence-corrected chi connectivity index (χ1v) is 6.26. The zero-order valence-corrected chi connectivity index (χ0v) is 10.4. The summed E-state index contributed by atoms with van der Waals surface area (Å²) < 4.78 is 26.8. The average molecular weight is 263 g/mol. The van der Waals surface area contributed by atoms with Crippen LogP contribution in [-0.2, 0) is 11.1 Å². The molecule has 0 fully saturated rings. The predicted molar refractivity (Wildman–Crippen MR) is 67.3 cm³/mol. The Balaban J connectivity index is 2.48. The fourth-order valence-electron chi connectivity index (χ4n) is 1.65. The summed E-state index contributed by atoms with van der Waals surface area (Å²) in [6, 6.07) is 11.2. The van der Waals surface area contributed by atoms with Crippen molar-refractivity contribution in [1.29, 1.82) is 0 Å². The molecule has 0 amide bonds. The molecule has 0 bridgehead atoms. The van der Waals surface area contributed by atoms with Crippen molar-refractivity contribution in [3.8, 4) is 22.6 Å². The van der Waals surface area contributed by atoms with E-state index in [2.05, 4.69) is 0 Å². The van der Waals surface area contributed by atoms with Crippen molar-refractivity contribution in [3.63, 3.8) is 0 Å². The van der Waals surface area contributed by atoms with Gasteiger partial charge in [0.2, 0.25) is 0 Å². The van der Waals surface area contributed by atoms with E-state index in [1.165, 1.54) is 25.3 Å². The highest BCUT2D eigenvalue weighted by Crippen LogP contribution is 2.32. The number of rotatable bonds is 3. The molecule has 0 aliphatic heterocycles. The summed E-state index contributed by atoms with van der Waals surface area (Å²) in [6.07, 6.45) is 0. The molecule has 1 N–H and O–H groups in total. The van der Waals surface area contributed by atoms with Crippen LogP contribution in [0.2, 0.25) is 0 Å². The van der Waals surface area contributed by atoms with Gasteiger partial charge >= 0.3 is 0 Å². The van der Waals surface area contributed by atoms with E-state index in [0.29, 0.717) is 16.9 Å². The van der Waals surface area contributed by atoms with Crippen LogP contribution in [0.4, 0.5) is 0 Å². The lowest BCUT2D eigenvalue weighted by molar-refractivity contribution is 0.408. The summed E-state index contributed by atoms with van der Waals surface area (Å²) >= 11 is -2.28. The normalized spacial score (nSPS) is 12.1. The van der Waals surface area contributed by atoms with Crippen molar-refractivity contribution in [1.82, 2.24) is 0 Å². The first-order valence-electron chi connectivity index (χ1n) is 5.18. The Morgan fingerprint density at radius 3 is 2.61 bits per heavy atom. The Kier molecular flexibility index (Phi) is 3.64. The molecule has 94 valence electrons. The van der Waals surface area contributed by atoms with Gasteiger partial charge in [0.05, 0.1) is 7.11 Å². The maximum Gasteiger partial charge on any atom is 0.127 e. The Morgan fingerprint density at radius 2 is 2.00 bits per heavy atom. The number of phenolic OH excluding ortho intramolecular Hbond substituents is 1. The summed E-state index contributed by atoms with van der Waals surface area (Å²) in [5.74, 6) is 0.586. The largest absolute Gasteiger partial charge is 0.768 e. The molecule has 4 nitrogen and oxygen atoms in total. The van der Waals surface area contributed by atoms with Crippen LogP contribution < -0.4 is 4.74 Å². The second-order valence-corrected chi connectivity index (χ2v) is 4.59. The fourth-order valence-corrected chi connectivity index (χ4v) is 2.06. The number of hydrogen-bond acceptors (Lipinski definition) is 4. The number of benzene rings is 2. The molecule has 0 aliphatic carbocycles. The highest BCUT2D eigenvalue weighted by atomic mass is 32.2. The summed E-state index contributed by atoms with van der Waals surface area (Å²) in [4.78, 5) is 0.183. The lowest BCUT2D eigenvalue weighted by atomic mass is 10.0. The van der Waals surface area contributed by atoms with E-state index in [1.54, 1.807) is 24.3 Å². The van der Waals surface area contributed by atoms with E-state index in [1.807, 2.05) is 0 Å². The molecule has 1 unspecified atom stereocenters. The molecule has 0 aromatic heterocycles.